The molecule has 1 atom stereocenters. The fourth-order valence-corrected chi connectivity index (χ4v) is 4.84. The molecule has 1 rings (SSSR count). The molecule has 0 aliphatic rings. The van der Waals surface area contributed by atoms with Crippen molar-refractivity contribution in [3.63, 3.8) is 0 Å². The second kappa shape index (κ2) is 5.68. The van der Waals surface area contributed by atoms with Crippen LogP contribution >= 0.6 is 27.3 Å². The van der Waals surface area contributed by atoms with Gasteiger partial charge in [-0.1, -0.05) is 13.8 Å². The minimum absolute atomic E-state index is 0.110. The molecule has 0 amide bonds. The average Bonchev–Trinajstić information content (AvgIpc) is 2.56. The van der Waals surface area contributed by atoms with Gasteiger partial charge in [-0.25, -0.2) is 8.42 Å². The molecule has 1 heterocycles. The molecule has 2 N–H and O–H groups in total. The highest BCUT2D eigenvalue weighted by Crippen LogP contribution is 2.30. The molecular weight excluding hydrogens is 342 g/mol. The maximum atomic E-state index is 12.0. The van der Waals surface area contributed by atoms with Crippen LogP contribution in [-0.2, 0) is 14.8 Å². The Kier molecular flexibility index (Phi) is 4.93. The summed E-state index contributed by atoms with van der Waals surface area (Å²) in [7, 11) is -3.79. The fourth-order valence-electron chi connectivity index (χ4n) is 1.26. The van der Waals surface area contributed by atoms with Crippen molar-refractivity contribution >= 4 is 43.3 Å². The van der Waals surface area contributed by atoms with Gasteiger partial charge in [0.1, 0.15) is 10.3 Å². The fraction of sp³-hybridized carbons (Fsp3) is 0.500. The van der Waals surface area contributed by atoms with Gasteiger partial charge in [-0.3, -0.25) is 4.79 Å². The first-order valence-corrected chi connectivity index (χ1v) is 8.25. The van der Waals surface area contributed by atoms with Crippen molar-refractivity contribution in [3.05, 3.63) is 15.4 Å². The Morgan fingerprint density at radius 2 is 2.06 bits per heavy atom. The summed E-state index contributed by atoms with van der Waals surface area (Å²) in [6.45, 7) is 5.07. The van der Waals surface area contributed by atoms with Crippen LogP contribution < -0.4 is 4.72 Å². The molecule has 18 heavy (non-hydrogen) atoms. The van der Waals surface area contributed by atoms with Crippen molar-refractivity contribution in [1.29, 1.82) is 0 Å². The Balaban J connectivity index is 3.04. The van der Waals surface area contributed by atoms with Gasteiger partial charge in [0.15, 0.2) is 0 Å². The van der Waals surface area contributed by atoms with E-state index in [9.17, 15) is 13.2 Å². The molecule has 0 aromatic carbocycles. The van der Waals surface area contributed by atoms with Crippen LogP contribution in [0.2, 0.25) is 0 Å². The van der Waals surface area contributed by atoms with E-state index in [4.69, 9.17) is 5.11 Å². The van der Waals surface area contributed by atoms with Gasteiger partial charge in [0.05, 0.1) is 3.79 Å². The molecule has 1 aromatic rings. The van der Waals surface area contributed by atoms with E-state index in [1.54, 1.807) is 20.8 Å². The second-order valence-corrected chi connectivity index (χ2v) is 8.51. The Bertz CT molecular complexity index is 531. The molecule has 1 aromatic heterocycles. The van der Waals surface area contributed by atoms with E-state index in [2.05, 4.69) is 20.7 Å². The lowest BCUT2D eigenvalue weighted by molar-refractivity contribution is -0.140. The van der Waals surface area contributed by atoms with Crippen LogP contribution in [0, 0.1) is 12.8 Å². The number of carboxylic acids is 1. The molecule has 0 unspecified atom stereocenters. The lowest BCUT2D eigenvalue weighted by Gasteiger charge is -2.17. The van der Waals surface area contributed by atoms with E-state index < -0.39 is 22.0 Å². The zero-order chi connectivity index (χ0) is 14.1. The Hall–Kier alpha value is -0.440. The molecule has 0 radical (unpaired) electrons. The van der Waals surface area contributed by atoms with Crippen LogP contribution in [0.3, 0.4) is 0 Å². The van der Waals surface area contributed by atoms with Gasteiger partial charge in [0.2, 0.25) is 0 Å². The molecule has 8 heteroatoms. The van der Waals surface area contributed by atoms with E-state index in [0.29, 0.717) is 0 Å². The van der Waals surface area contributed by atoms with Crippen molar-refractivity contribution in [2.45, 2.75) is 31.0 Å². The molecule has 102 valence electrons. The largest absolute Gasteiger partial charge is 0.480 e. The molecule has 0 fully saturated rings. The molecule has 0 aliphatic heterocycles. The van der Waals surface area contributed by atoms with Gasteiger partial charge >= 0.3 is 5.97 Å². The number of hydrogen-bond acceptors (Lipinski definition) is 4. The van der Waals surface area contributed by atoms with Crippen molar-refractivity contribution in [2.24, 2.45) is 5.92 Å². The summed E-state index contributed by atoms with van der Waals surface area (Å²) in [5.41, 5.74) is 0.803. The number of carbonyl (C=O) groups is 1. The number of sulfonamides is 1. The highest BCUT2D eigenvalue weighted by molar-refractivity contribution is 9.11. The Morgan fingerprint density at radius 1 is 1.50 bits per heavy atom. The van der Waals surface area contributed by atoms with Crippen LogP contribution in [0.4, 0.5) is 0 Å². The lowest BCUT2D eigenvalue weighted by Crippen LogP contribution is -2.43. The molecule has 5 nitrogen and oxygen atoms in total. The third-order valence-corrected chi connectivity index (χ3v) is 6.37. The minimum Gasteiger partial charge on any atom is -0.480 e. The van der Waals surface area contributed by atoms with Crippen LogP contribution in [0.15, 0.2) is 14.1 Å². The zero-order valence-electron chi connectivity index (χ0n) is 10.1. The van der Waals surface area contributed by atoms with Crippen LogP contribution in [0.5, 0.6) is 0 Å². The number of hydrogen-bond donors (Lipinski definition) is 2. The standard InChI is InChI=1S/C10H14BrNO4S2/c1-5(2)8(10(13)14)12-18(15,16)7-4-6(3)9(11)17-7/h4-5,8,12H,1-3H3,(H,13,14)/t8-/m1/s1. The average molecular weight is 356 g/mol. The predicted molar refractivity (Wildman–Crippen MR) is 73.3 cm³/mol. The lowest BCUT2D eigenvalue weighted by atomic mass is 10.1. The predicted octanol–water partition coefficient (Wildman–Crippen LogP) is 2.21. The minimum atomic E-state index is -3.79. The number of rotatable bonds is 5. The summed E-state index contributed by atoms with van der Waals surface area (Å²) in [5.74, 6) is -1.51. The van der Waals surface area contributed by atoms with Crippen molar-refractivity contribution < 1.29 is 18.3 Å². The van der Waals surface area contributed by atoms with Crippen molar-refractivity contribution in [3.8, 4) is 0 Å². The summed E-state index contributed by atoms with van der Waals surface area (Å²) < 4.78 is 27.1. The summed E-state index contributed by atoms with van der Waals surface area (Å²) in [6, 6.07) is 0.382. The van der Waals surface area contributed by atoms with Gasteiger partial charge < -0.3 is 5.11 Å². The first-order valence-electron chi connectivity index (χ1n) is 5.16. The number of nitrogens with one attached hydrogen (secondary N) is 1. The van der Waals surface area contributed by atoms with Gasteiger partial charge in [-0.15, -0.1) is 11.3 Å². The second-order valence-electron chi connectivity index (χ2n) is 4.20. The maximum absolute atomic E-state index is 12.0. The number of halogens is 1. The van der Waals surface area contributed by atoms with Crippen LogP contribution in [0.1, 0.15) is 19.4 Å². The monoisotopic (exact) mass is 355 g/mol. The van der Waals surface area contributed by atoms with Crippen LogP contribution in [-0.4, -0.2) is 25.5 Å². The van der Waals surface area contributed by atoms with Gasteiger partial charge in [-0.05, 0) is 40.4 Å². The smallest absolute Gasteiger partial charge is 0.322 e. The summed E-state index contributed by atoms with van der Waals surface area (Å²) in [6.07, 6.45) is 0. The number of aliphatic carboxylic acids is 1. The molecule has 0 bridgehead atoms. The first-order chi connectivity index (χ1) is 8.15. The molecular formula is C10H14BrNO4S2. The van der Waals surface area contributed by atoms with Gasteiger partial charge in [-0.2, -0.15) is 4.72 Å². The Morgan fingerprint density at radius 3 is 2.39 bits per heavy atom. The third kappa shape index (κ3) is 3.53. The van der Waals surface area contributed by atoms with Gasteiger partial charge in [0.25, 0.3) is 10.0 Å². The number of carboxylic acid groups (broad SMARTS) is 1. The molecule has 0 saturated heterocycles. The third-order valence-electron chi connectivity index (χ3n) is 2.31. The van der Waals surface area contributed by atoms with E-state index in [1.165, 1.54) is 6.07 Å². The number of thiophene rings is 1. The molecule has 0 aliphatic carbocycles. The van der Waals surface area contributed by atoms with Crippen molar-refractivity contribution in [2.75, 3.05) is 0 Å². The van der Waals surface area contributed by atoms with E-state index >= 15 is 0 Å². The highest BCUT2D eigenvalue weighted by Gasteiger charge is 2.29. The SMILES string of the molecule is Cc1cc(S(=O)(=O)N[C@@H](C(=O)O)C(C)C)sc1Br. The first kappa shape index (κ1) is 15.6. The molecule has 0 saturated carbocycles. The number of aryl methyl sites for hydroxylation is 1. The van der Waals surface area contributed by atoms with E-state index in [0.717, 1.165) is 20.7 Å². The normalized spacial score (nSPS) is 13.8. The molecule has 0 spiro atoms. The van der Waals surface area contributed by atoms with Gasteiger partial charge in [0, 0.05) is 0 Å². The van der Waals surface area contributed by atoms with Crippen molar-refractivity contribution in [1.82, 2.24) is 4.72 Å². The summed E-state index contributed by atoms with van der Waals surface area (Å²) >= 11 is 4.30. The highest BCUT2D eigenvalue weighted by atomic mass is 79.9. The topological polar surface area (TPSA) is 83.5 Å². The Labute approximate surface area is 118 Å². The van der Waals surface area contributed by atoms with E-state index in [-0.39, 0.29) is 10.1 Å². The summed E-state index contributed by atoms with van der Waals surface area (Å²) in [4.78, 5) is 11.0. The van der Waals surface area contributed by atoms with E-state index in [1.807, 2.05) is 0 Å². The zero-order valence-corrected chi connectivity index (χ0v) is 13.3. The quantitative estimate of drug-likeness (QED) is 0.847. The van der Waals surface area contributed by atoms with Crippen LogP contribution in [0.25, 0.3) is 0 Å². The summed E-state index contributed by atoms with van der Waals surface area (Å²) in [5, 5.41) is 8.98. The maximum Gasteiger partial charge on any atom is 0.322 e.